The van der Waals surface area contributed by atoms with Crippen molar-refractivity contribution in [1.82, 2.24) is 4.90 Å². The Morgan fingerprint density at radius 2 is 2.19 bits per heavy atom. The average molecular weight is 297 g/mol. The fraction of sp³-hybridized carbons (Fsp3) is 0.533. The molecule has 2 atom stereocenters. The average Bonchev–Trinajstić information content (AvgIpc) is 2.86. The summed E-state index contributed by atoms with van der Waals surface area (Å²) in [6.45, 7) is 3.64. The number of rotatable bonds is 6. The molecule has 0 aliphatic carbocycles. The van der Waals surface area contributed by atoms with Gasteiger partial charge in [0.1, 0.15) is 11.6 Å². The minimum Gasteiger partial charge on any atom is -0.508 e. The van der Waals surface area contributed by atoms with E-state index in [0.717, 1.165) is 12.5 Å². The topological polar surface area (TPSA) is 70.0 Å². The molecule has 1 aliphatic heterocycles. The Morgan fingerprint density at radius 3 is 2.81 bits per heavy atom. The number of nitrogens with zero attached hydrogens (tertiary/aromatic N) is 1. The van der Waals surface area contributed by atoms with E-state index < -0.39 is 17.7 Å². The number of benzene rings is 1. The molecule has 0 bridgehead atoms. The molecule has 1 heterocycles. The van der Waals surface area contributed by atoms with Crippen molar-refractivity contribution >= 4 is 5.97 Å². The molecular formula is C15H20FNO4. The summed E-state index contributed by atoms with van der Waals surface area (Å²) in [7, 11) is 0. The van der Waals surface area contributed by atoms with E-state index in [-0.39, 0.29) is 18.4 Å². The summed E-state index contributed by atoms with van der Waals surface area (Å²) in [5.74, 6) is -2.07. The zero-order valence-corrected chi connectivity index (χ0v) is 12.0. The number of carboxylic acid groups (broad SMARTS) is 1. The maximum absolute atomic E-state index is 13.3. The Labute approximate surface area is 122 Å². The molecular weight excluding hydrogens is 277 g/mol. The third kappa shape index (κ3) is 3.92. The van der Waals surface area contributed by atoms with Crippen molar-refractivity contribution in [2.24, 2.45) is 5.92 Å². The first kappa shape index (κ1) is 15.7. The SMILES string of the molecule is CCCN(Cc1cc(O)cc(F)c1)C1COCC1C(=O)O. The monoisotopic (exact) mass is 297 g/mol. The molecule has 5 nitrogen and oxygen atoms in total. The summed E-state index contributed by atoms with van der Waals surface area (Å²) in [5.41, 5.74) is 0.622. The van der Waals surface area contributed by atoms with Gasteiger partial charge in [0.15, 0.2) is 0 Å². The Hall–Kier alpha value is -1.66. The van der Waals surface area contributed by atoms with Crippen molar-refractivity contribution in [3.63, 3.8) is 0 Å². The number of aliphatic carboxylic acids is 1. The van der Waals surface area contributed by atoms with Gasteiger partial charge in [-0.2, -0.15) is 0 Å². The van der Waals surface area contributed by atoms with Gasteiger partial charge in [-0.3, -0.25) is 9.69 Å². The van der Waals surface area contributed by atoms with Crippen LogP contribution in [0, 0.1) is 11.7 Å². The van der Waals surface area contributed by atoms with Crippen molar-refractivity contribution in [1.29, 1.82) is 0 Å². The number of hydrogen-bond acceptors (Lipinski definition) is 4. The van der Waals surface area contributed by atoms with Crippen molar-refractivity contribution in [3.05, 3.63) is 29.6 Å². The van der Waals surface area contributed by atoms with E-state index in [0.29, 0.717) is 25.3 Å². The molecule has 0 radical (unpaired) electrons. The number of ether oxygens (including phenoxy) is 1. The van der Waals surface area contributed by atoms with E-state index in [1.165, 1.54) is 12.1 Å². The third-order valence-electron chi connectivity index (χ3n) is 3.68. The summed E-state index contributed by atoms with van der Waals surface area (Å²) < 4.78 is 18.6. The number of halogens is 1. The first-order valence-corrected chi connectivity index (χ1v) is 7.04. The molecule has 2 rings (SSSR count). The van der Waals surface area contributed by atoms with E-state index in [9.17, 15) is 19.4 Å². The molecule has 1 aliphatic rings. The third-order valence-corrected chi connectivity index (χ3v) is 3.68. The van der Waals surface area contributed by atoms with Gasteiger partial charge in [0.25, 0.3) is 0 Å². The number of carboxylic acids is 1. The standard InChI is InChI=1S/C15H20FNO4/c1-2-3-17(14-9-21-8-13(14)15(19)20)7-10-4-11(16)6-12(18)5-10/h4-6,13-14,18H,2-3,7-9H2,1H3,(H,19,20). The van der Waals surface area contributed by atoms with Crippen LogP contribution in [-0.2, 0) is 16.1 Å². The molecule has 0 aromatic heterocycles. The van der Waals surface area contributed by atoms with Gasteiger partial charge in [0.05, 0.1) is 19.1 Å². The normalized spacial score (nSPS) is 21.9. The second-order valence-corrected chi connectivity index (χ2v) is 5.34. The molecule has 21 heavy (non-hydrogen) atoms. The molecule has 2 unspecified atom stereocenters. The minimum atomic E-state index is -0.874. The summed E-state index contributed by atoms with van der Waals surface area (Å²) in [6, 6.07) is 3.67. The van der Waals surface area contributed by atoms with E-state index in [4.69, 9.17) is 4.74 Å². The lowest BCUT2D eigenvalue weighted by Gasteiger charge is -2.30. The van der Waals surface area contributed by atoms with Gasteiger partial charge >= 0.3 is 5.97 Å². The van der Waals surface area contributed by atoms with Gasteiger partial charge in [-0.25, -0.2) is 4.39 Å². The largest absolute Gasteiger partial charge is 0.508 e. The van der Waals surface area contributed by atoms with E-state index >= 15 is 0 Å². The highest BCUT2D eigenvalue weighted by Gasteiger charge is 2.37. The highest BCUT2D eigenvalue weighted by molar-refractivity contribution is 5.71. The predicted molar refractivity (Wildman–Crippen MR) is 74.5 cm³/mol. The van der Waals surface area contributed by atoms with Crippen molar-refractivity contribution < 1.29 is 24.1 Å². The van der Waals surface area contributed by atoms with Crippen LogP contribution in [0.3, 0.4) is 0 Å². The molecule has 116 valence electrons. The van der Waals surface area contributed by atoms with Crippen molar-refractivity contribution in [2.45, 2.75) is 25.9 Å². The van der Waals surface area contributed by atoms with Crippen molar-refractivity contribution in [2.75, 3.05) is 19.8 Å². The lowest BCUT2D eigenvalue weighted by atomic mass is 10.0. The summed E-state index contributed by atoms with van der Waals surface area (Å²) in [4.78, 5) is 13.3. The Bertz CT molecular complexity index is 488. The highest BCUT2D eigenvalue weighted by atomic mass is 19.1. The second kappa shape index (κ2) is 6.87. The van der Waals surface area contributed by atoms with Crippen LogP contribution >= 0.6 is 0 Å². The molecule has 1 aromatic rings. The maximum Gasteiger partial charge on any atom is 0.310 e. The van der Waals surface area contributed by atoms with Gasteiger partial charge in [0, 0.05) is 18.7 Å². The molecule has 1 fully saturated rings. The lowest BCUT2D eigenvalue weighted by Crippen LogP contribution is -2.43. The molecule has 6 heteroatoms. The second-order valence-electron chi connectivity index (χ2n) is 5.34. The smallest absolute Gasteiger partial charge is 0.310 e. The van der Waals surface area contributed by atoms with Gasteiger partial charge in [-0.15, -0.1) is 0 Å². The first-order chi connectivity index (χ1) is 10.0. The van der Waals surface area contributed by atoms with E-state index in [1.807, 2.05) is 11.8 Å². The summed E-state index contributed by atoms with van der Waals surface area (Å²) in [5, 5.41) is 18.7. The van der Waals surface area contributed by atoms with Crippen LogP contribution in [0.1, 0.15) is 18.9 Å². The summed E-state index contributed by atoms with van der Waals surface area (Å²) >= 11 is 0. The van der Waals surface area contributed by atoms with E-state index in [2.05, 4.69) is 0 Å². The number of phenols is 1. The van der Waals surface area contributed by atoms with Gasteiger partial charge in [-0.1, -0.05) is 6.92 Å². The van der Waals surface area contributed by atoms with Crippen LogP contribution in [0.25, 0.3) is 0 Å². The highest BCUT2D eigenvalue weighted by Crippen LogP contribution is 2.24. The Morgan fingerprint density at radius 1 is 1.43 bits per heavy atom. The van der Waals surface area contributed by atoms with Crippen LogP contribution < -0.4 is 0 Å². The Kier molecular flexibility index (Phi) is 5.14. The van der Waals surface area contributed by atoms with Gasteiger partial charge in [-0.05, 0) is 30.7 Å². The quantitative estimate of drug-likeness (QED) is 0.838. The molecule has 0 amide bonds. The zero-order valence-electron chi connectivity index (χ0n) is 12.0. The Balaban J connectivity index is 2.16. The zero-order chi connectivity index (χ0) is 15.4. The predicted octanol–water partition coefficient (Wildman–Crippen LogP) is 1.84. The number of aromatic hydroxyl groups is 1. The van der Waals surface area contributed by atoms with Crippen molar-refractivity contribution in [3.8, 4) is 5.75 Å². The molecule has 0 spiro atoms. The molecule has 1 aromatic carbocycles. The molecule has 2 N–H and O–H groups in total. The number of hydrogen-bond donors (Lipinski definition) is 2. The minimum absolute atomic E-state index is 0.126. The molecule has 0 saturated carbocycles. The van der Waals surface area contributed by atoms with Crippen LogP contribution in [0.2, 0.25) is 0 Å². The number of phenolic OH excluding ortho intramolecular Hbond substituents is 1. The van der Waals surface area contributed by atoms with Gasteiger partial charge in [0.2, 0.25) is 0 Å². The van der Waals surface area contributed by atoms with Gasteiger partial charge < -0.3 is 14.9 Å². The van der Waals surface area contributed by atoms with Crippen LogP contribution in [0.4, 0.5) is 4.39 Å². The number of carbonyl (C=O) groups is 1. The lowest BCUT2D eigenvalue weighted by molar-refractivity contribution is -0.143. The fourth-order valence-electron chi connectivity index (χ4n) is 2.75. The van der Waals surface area contributed by atoms with Crippen LogP contribution in [0.15, 0.2) is 18.2 Å². The fourth-order valence-corrected chi connectivity index (χ4v) is 2.75. The summed E-state index contributed by atoms with van der Waals surface area (Å²) in [6.07, 6.45) is 0.851. The van der Waals surface area contributed by atoms with Crippen LogP contribution in [0.5, 0.6) is 5.75 Å². The first-order valence-electron chi connectivity index (χ1n) is 7.04. The molecule has 1 saturated heterocycles. The maximum atomic E-state index is 13.3. The van der Waals surface area contributed by atoms with E-state index in [1.54, 1.807) is 0 Å². The van der Waals surface area contributed by atoms with Crippen LogP contribution in [-0.4, -0.2) is 46.9 Å².